The van der Waals surface area contributed by atoms with E-state index in [0.29, 0.717) is 18.5 Å². The normalized spacial score (nSPS) is 14.8. The Labute approximate surface area is 253 Å². The molecule has 0 bridgehead atoms. The Hall–Kier alpha value is -3.20. The fourth-order valence-corrected chi connectivity index (χ4v) is 6.42. The van der Waals surface area contributed by atoms with Crippen LogP contribution in [0, 0.1) is 0 Å². The third-order valence-electron chi connectivity index (χ3n) is 8.03. The molecule has 5 rings (SSSR count). The van der Waals surface area contributed by atoms with Gasteiger partial charge in [-0.05, 0) is 74.9 Å². The third-order valence-corrected chi connectivity index (χ3v) is 8.92. The first-order valence-corrected chi connectivity index (χ1v) is 16.4. The largest absolute Gasteiger partial charge is 0.413 e. The Bertz CT molecular complexity index is 1400. The number of ether oxygens (including phenoxy) is 2. The molecule has 7 nitrogen and oxygen atoms in total. The van der Waals surface area contributed by atoms with Gasteiger partial charge in [-0.2, -0.15) is 0 Å². The van der Waals surface area contributed by atoms with Crippen LogP contribution < -0.4 is 15.0 Å². The van der Waals surface area contributed by atoms with Gasteiger partial charge in [-0.3, -0.25) is 4.90 Å². The van der Waals surface area contributed by atoms with E-state index < -0.39 is 6.09 Å². The minimum atomic E-state index is -0.450. The highest BCUT2D eigenvalue weighted by Crippen LogP contribution is 2.31. The first-order valence-electron chi connectivity index (χ1n) is 15.5. The van der Waals surface area contributed by atoms with Crippen molar-refractivity contribution in [2.75, 3.05) is 50.8 Å². The molecule has 42 heavy (non-hydrogen) atoms. The molecule has 3 heterocycles. The number of benzene rings is 2. The number of para-hydroxylation sites is 1. The predicted octanol–water partition coefficient (Wildman–Crippen LogP) is 7.50. The highest BCUT2D eigenvalue weighted by atomic mass is 32.1. The molecule has 8 heteroatoms. The molecule has 1 saturated heterocycles. The molecule has 4 aromatic rings. The quantitative estimate of drug-likeness (QED) is 0.145. The first kappa shape index (κ1) is 30.3. The van der Waals surface area contributed by atoms with Crippen molar-refractivity contribution in [3.63, 3.8) is 0 Å². The van der Waals surface area contributed by atoms with Gasteiger partial charge in [0.05, 0.1) is 11.6 Å². The molecule has 0 saturated carbocycles. The fraction of sp³-hybridized carbons (Fsp3) is 0.471. The second-order valence-electron chi connectivity index (χ2n) is 11.2. The summed E-state index contributed by atoms with van der Waals surface area (Å²) in [5.74, 6) is 0.321. The number of pyridine rings is 1. The zero-order valence-corrected chi connectivity index (χ0v) is 25.6. The average molecular weight is 589 g/mol. The van der Waals surface area contributed by atoms with E-state index in [1.807, 2.05) is 41.7 Å². The zero-order chi connectivity index (χ0) is 29.0. The van der Waals surface area contributed by atoms with Crippen LogP contribution in [0.1, 0.15) is 51.9 Å². The monoisotopic (exact) mass is 588 g/mol. The number of piperazine rings is 1. The summed E-state index contributed by atoms with van der Waals surface area (Å²) < 4.78 is 12.8. The molecule has 1 fully saturated rings. The second kappa shape index (κ2) is 15.9. The molecule has 1 unspecified atom stereocenters. The van der Waals surface area contributed by atoms with Crippen LogP contribution in [0.2, 0.25) is 0 Å². The van der Waals surface area contributed by atoms with E-state index in [2.05, 4.69) is 56.7 Å². The summed E-state index contributed by atoms with van der Waals surface area (Å²) in [5.41, 5.74) is 2.21. The van der Waals surface area contributed by atoms with Crippen molar-refractivity contribution in [1.29, 1.82) is 0 Å². The van der Waals surface area contributed by atoms with E-state index in [4.69, 9.17) is 9.47 Å². The Morgan fingerprint density at radius 1 is 0.929 bits per heavy atom. The highest BCUT2D eigenvalue weighted by molar-refractivity contribution is 7.17. The van der Waals surface area contributed by atoms with Crippen LogP contribution in [-0.2, 0) is 4.74 Å². The van der Waals surface area contributed by atoms with Crippen LogP contribution in [0.3, 0.4) is 0 Å². The first-order chi connectivity index (χ1) is 20.7. The Morgan fingerprint density at radius 3 is 2.69 bits per heavy atom. The lowest BCUT2D eigenvalue weighted by atomic mass is 10.1. The number of thiophene rings is 1. The molecule has 0 aliphatic carbocycles. The molecule has 1 N–H and O–H groups in total. The number of hydrogen-bond acceptors (Lipinski definition) is 7. The summed E-state index contributed by atoms with van der Waals surface area (Å²) >= 11 is 1.83. The number of anilines is 1. The lowest BCUT2D eigenvalue weighted by molar-refractivity contribution is 0.0545. The Morgan fingerprint density at radius 2 is 1.79 bits per heavy atom. The van der Waals surface area contributed by atoms with E-state index in [9.17, 15) is 4.79 Å². The van der Waals surface area contributed by atoms with Crippen molar-refractivity contribution in [3.05, 3.63) is 66.0 Å². The molecular weight excluding hydrogens is 544 g/mol. The molecule has 224 valence electrons. The van der Waals surface area contributed by atoms with Gasteiger partial charge < -0.3 is 19.7 Å². The van der Waals surface area contributed by atoms with Crippen LogP contribution in [0.4, 0.5) is 10.5 Å². The van der Waals surface area contributed by atoms with Crippen molar-refractivity contribution in [1.82, 2.24) is 15.2 Å². The van der Waals surface area contributed by atoms with Gasteiger partial charge in [0.25, 0.3) is 0 Å². The molecule has 1 amide bonds. The van der Waals surface area contributed by atoms with E-state index >= 15 is 0 Å². The highest BCUT2D eigenvalue weighted by Gasteiger charge is 2.18. The van der Waals surface area contributed by atoms with Crippen LogP contribution >= 0.6 is 11.3 Å². The van der Waals surface area contributed by atoms with E-state index in [1.54, 1.807) is 6.07 Å². The van der Waals surface area contributed by atoms with E-state index in [0.717, 1.165) is 88.8 Å². The summed E-state index contributed by atoms with van der Waals surface area (Å²) in [6, 6.07) is 20.3. The number of hydrogen-bond donors (Lipinski definition) is 1. The molecule has 0 radical (unpaired) electrons. The van der Waals surface area contributed by atoms with E-state index in [-0.39, 0.29) is 0 Å². The molecule has 2 aromatic carbocycles. The van der Waals surface area contributed by atoms with Crippen LogP contribution in [0.15, 0.2) is 66.0 Å². The van der Waals surface area contributed by atoms with Crippen molar-refractivity contribution in [2.45, 2.75) is 58.0 Å². The minimum Gasteiger partial charge on any atom is -0.391 e. The number of unbranched alkanes of at least 4 members (excludes halogenated alkanes) is 4. The maximum absolute atomic E-state index is 12.1. The van der Waals surface area contributed by atoms with Gasteiger partial charge in [0.1, 0.15) is 0 Å². The fourth-order valence-electron chi connectivity index (χ4n) is 5.61. The van der Waals surface area contributed by atoms with Gasteiger partial charge in [-0.1, -0.05) is 43.5 Å². The van der Waals surface area contributed by atoms with Crippen LogP contribution in [0.25, 0.3) is 21.0 Å². The summed E-state index contributed by atoms with van der Waals surface area (Å²) in [7, 11) is 0. The summed E-state index contributed by atoms with van der Waals surface area (Å²) in [6.45, 7) is 9.28. The maximum Gasteiger partial charge on any atom is 0.413 e. The summed E-state index contributed by atoms with van der Waals surface area (Å²) in [6.07, 6.45) is 7.56. The number of fused-ring (bicyclic) bond motifs is 2. The van der Waals surface area contributed by atoms with Crippen molar-refractivity contribution < 1.29 is 14.3 Å². The number of carbonyl (C=O) groups excluding carboxylic acids is 1. The number of aromatic nitrogens is 1. The van der Waals surface area contributed by atoms with Crippen molar-refractivity contribution >= 4 is 44.1 Å². The van der Waals surface area contributed by atoms with Crippen molar-refractivity contribution in [2.24, 2.45) is 0 Å². The molecule has 2 aromatic heterocycles. The van der Waals surface area contributed by atoms with E-state index in [1.165, 1.54) is 22.2 Å². The Balaban J connectivity index is 0.839. The maximum atomic E-state index is 12.1. The smallest absolute Gasteiger partial charge is 0.391 e. The second-order valence-corrected chi connectivity index (χ2v) is 12.1. The SMILES string of the molecule is CC(CCCCCCNC(=O)Oc1ccc2ccccc2n1)OCCCCN1CCN(c2cccc3sccc23)CC1. The summed E-state index contributed by atoms with van der Waals surface area (Å²) in [4.78, 5) is 21.6. The van der Waals surface area contributed by atoms with Gasteiger partial charge in [-0.15, -0.1) is 11.3 Å². The number of amides is 1. The molecule has 1 aliphatic rings. The summed E-state index contributed by atoms with van der Waals surface area (Å²) in [5, 5.41) is 7.44. The Kier molecular flexibility index (Phi) is 11.4. The topological polar surface area (TPSA) is 66.9 Å². The van der Waals surface area contributed by atoms with Crippen LogP contribution in [-0.4, -0.2) is 68.0 Å². The lowest BCUT2D eigenvalue weighted by Crippen LogP contribution is -2.46. The molecule has 0 spiro atoms. The van der Waals surface area contributed by atoms with Gasteiger partial charge in [0.15, 0.2) is 0 Å². The van der Waals surface area contributed by atoms with Gasteiger partial charge in [0.2, 0.25) is 5.88 Å². The number of nitrogens with zero attached hydrogens (tertiary/aromatic N) is 3. The molecule has 1 atom stereocenters. The minimum absolute atomic E-state index is 0.302. The average Bonchev–Trinajstić information content (AvgIpc) is 3.50. The van der Waals surface area contributed by atoms with Gasteiger partial charge >= 0.3 is 6.09 Å². The zero-order valence-electron chi connectivity index (χ0n) is 24.8. The third kappa shape index (κ3) is 8.90. The lowest BCUT2D eigenvalue weighted by Gasteiger charge is -2.36. The molecular formula is C34H44N4O3S. The van der Waals surface area contributed by atoms with Crippen LogP contribution in [0.5, 0.6) is 5.88 Å². The van der Waals surface area contributed by atoms with Crippen molar-refractivity contribution in [3.8, 4) is 5.88 Å². The number of carbonyl (C=O) groups is 1. The van der Waals surface area contributed by atoms with Gasteiger partial charge in [-0.25, -0.2) is 9.78 Å². The predicted molar refractivity (Wildman–Crippen MR) is 174 cm³/mol. The standard InChI is InChI=1S/C34H44N4O3S/c1-27(11-4-2-3-7-19-35-34(39)41-33-17-16-28-12-5-6-13-30(28)36-33)40-25-9-8-20-37-21-23-38(24-22-37)31-14-10-15-32-29(31)18-26-42-32/h5-6,10,12-18,26-27H,2-4,7-9,11,19-25H2,1H3,(H,35,39). The van der Waals surface area contributed by atoms with Gasteiger partial charge in [0, 0.05) is 66.6 Å². The molecule has 1 aliphatic heterocycles. The number of rotatable bonds is 15. The number of nitrogens with one attached hydrogen (secondary N) is 1.